The van der Waals surface area contributed by atoms with E-state index in [9.17, 15) is 4.79 Å². The van der Waals surface area contributed by atoms with Crippen LogP contribution in [-0.4, -0.2) is 5.91 Å². The summed E-state index contributed by atoms with van der Waals surface area (Å²) in [7, 11) is 0. The molecule has 2 aromatic rings. The molecule has 0 fully saturated rings. The number of amides is 1. The lowest BCUT2D eigenvalue weighted by Crippen LogP contribution is -2.26. The highest BCUT2D eigenvalue weighted by molar-refractivity contribution is 5.92. The third-order valence-corrected chi connectivity index (χ3v) is 4.16. The molecule has 2 heteroatoms. The zero-order chi connectivity index (χ0) is 16.8. The average Bonchev–Trinajstić information content (AvgIpc) is 2.55. The number of rotatable bonds is 5. The minimum atomic E-state index is -0.0596. The number of aryl methyl sites for hydroxylation is 3. The molecule has 0 aliphatic carbocycles. The molecule has 2 rings (SSSR count). The molecule has 1 atom stereocenters. The van der Waals surface area contributed by atoms with Crippen LogP contribution in [0.5, 0.6) is 0 Å². The number of carbonyl (C=O) groups excluding carboxylic acids is 1. The number of hydrogen-bond acceptors (Lipinski definition) is 1. The van der Waals surface area contributed by atoms with E-state index in [2.05, 4.69) is 51.2 Å². The first-order valence-electron chi connectivity index (χ1n) is 8.12. The van der Waals surface area contributed by atoms with Gasteiger partial charge in [-0.2, -0.15) is 0 Å². The van der Waals surface area contributed by atoms with Crippen molar-refractivity contribution in [1.29, 1.82) is 0 Å². The quantitative estimate of drug-likeness (QED) is 0.783. The van der Waals surface area contributed by atoms with Crippen molar-refractivity contribution in [3.05, 3.63) is 76.4 Å². The zero-order valence-electron chi connectivity index (χ0n) is 14.4. The smallest absolute Gasteiger partial charge is 0.244 e. The first kappa shape index (κ1) is 17.0. The van der Waals surface area contributed by atoms with Gasteiger partial charge in [-0.1, -0.05) is 55.0 Å². The van der Waals surface area contributed by atoms with Crippen LogP contribution in [0.15, 0.2) is 48.5 Å². The molecule has 0 bridgehead atoms. The van der Waals surface area contributed by atoms with Crippen molar-refractivity contribution in [3.8, 4) is 0 Å². The minimum absolute atomic E-state index is 0.0458. The monoisotopic (exact) mass is 307 g/mol. The highest BCUT2D eigenvalue weighted by Crippen LogP contribution is 2.19. The minimum Gasteiger partial charge on any atom is -0.346 e. The molecular weight excluding hydrogens is 282 g/mol. The third-order valence-electron chi connectivity index (χ3n) is 4.16. The Bertz CT molecular complexity index is 698. The van der Waals surface area contributed by atoms with Crippen LogP contribution >= 0.6 is 0 Å². The Balaban J connectivity index is 2.04. The summed E-state index contributed by atoms with van der Waals surface area (Å²) in [6.45, 7) is 8.34. The molecule has 0 heterocycles. The highest BCUT2D eigenvalue weighted by atomic mass is 16.1. The summed E-state index contributed by atoms with van der Waals surface area (Å²) in [4.78, 5) is 12.2. The van der Waals surface area contributed by atoms with Gasteiger partial charge in [-0.3, -0.25) is 4.79 Å². The maximum atomic E-state index is 12.2. The predicted octanol–water partition coefficient (Wildman–Crippen LogP) is 4.89. The molecule has 1 amide bonds. The molecule has 0 aliphatic rings. The molecule has 0 aliphatic heterocycles. The van der Waals surface area contributed by atoms with E-state index in [1.807, 2.05) is 30.3 Å². The van der Waals surface area contributed by atoms with Gasteiger partial charge >= 0.3 is 0 Å². The van der Waals surface area contributed by atoms with Crippen LogP contribution in [0, 0.1) is 20.8 Å². The molecule has 2 aromatic carbocycles. The Hall–Kier alpha value is -2.35. The van der Waals surface area contributed by atoms with E-state index in [4.69, 9.17) is 0 Å². The lowest BCUT2D eigenvalue weighted by molar-refractivity contribution is -0.117. The molecule has 0 radical (unpaired) electrons. The van der Waals surface area contributed by atoms with Gasteiger partial charge < -0.3 is 5.32 Å². The number of hydrogen-bond donors (Lipinski definition) is 1. The number of nitrogens with one attached hydrogen (secondary N) is 1. The fraction of sp³-hybridized carbons (Fsp3) is 0.286. The second-order valence-electron chi connectivity index (χ2n) is 6.06. The largest absolute Gasteiger partial charge is 0.346 e. The number of carbonyl (C=O) groups is 1. The van der Waals surface area contributed by atoms with Crippen molar-refractivity contribution in [3.63, 3.8) is 0 Å². The van der Waals surface area contributed by atoms with Gasteiger partial charge in [0.25, 0.3) is 0 Å². The average molecular weight is 307 g/mol. The van der Waals surface area contributed by atoms with Crippen molar-refractivity contribution in [2.45, 2.75) is 40.2 Å². The van der Waals surface area contributed by atoms with E-state index < -0.39 is 0 Å². The lowest BCUT2D eigenvalue weighted by atomic mass is 9.99. The Morgan fingerprint density at radius 2 is 1.74 bits per heavy atom. The SMILES string of the molecule is CC[C@H](NC(=O)/C=C/c1ccc(C)cc1)c1ccc(C)c(C)c1. The molecule has 0 spiro atoms. The Kier molecular flexibility index (Phi) is 5.75. The van der Waals surface area contributed by atoms with Crippen LogP contribution < -0.4 is 5.32 Å². The Morgan fingerprint density at radius 1 is 1.04 bits per heavy atom. The lowest BCUT2D eigenvalue weighted by Gasteiger charge is -2.17. The van der Waals surface area contributed by atoms with Gasteiger partial charge in [0, 0.05) is 6.08 Å². The van der Waals surface area contributed by atoms with Crippen molar-refractivity contribution in [2.75, 3.05) is 0 Å². The summed E-state index contributed by atoms with van der Waals surface area (Å²) in [6, 6.07) is 14.5. The third kappa shape index (κ3) is 4.82. The van der Waals surface area contributed by atoms with E-state index in [0.29, 0.717) is 0 Å². The Morgan fingerprint density at radius 3 is 2.35 bits per heavy atom. The molecule has 1 N–H and O–H groups in total. The van der Waals surface area contributed by atoms with Crippen LogP contribution in [0.1, 0.15) is 47.2 Å². The van der Waals surface area contributed by atoms with Crippen molar-refractivity contribution in [2.24, 2.45) is 0 Å². The van der Waals surface area contributed by atoms with Gasteiger partial charge in [-0.25, -0.2) is 0 Å². The van der Waals surface area contributed by atoms with Gasteiger partial charge in [0.1, 0.15) is 0 Å². The summed E-state index contributed by atoms with van der Waals surface area (Å²) in [5.74, 6) is -0.0596. The molecule has 0 saturated carbocycles. The summed E-state index contributed by atoms with van der Waals surface area (Å²) in [5.41, 5.74) is 5.93. The summed E-state index contributed by atoms with van der Waals surface area (Å²) < 4.78 is 0. The van der Waals surface area contributed by atoms with Crippen LogP contribution in [0.3, 0.4) is 0 Å². The fourth-order valence-electron chi connectivity index (χ4n) is 2.47. The molecular formula is C21H25NO. The van der Waals surface area contributed by atoms with Gasteiger partial charge in [0.05, 0.1) is 6.04 Å². The molecule has 23 heavy (non-hydrogen) atoms. The van der Waals surface area contributed by atoms with E-state index in [-0.39, 0.29) is 11.9 Å². The van der Waals surface area contributed by atoms with Crippen molar-refractivity contribution in [1.82, 2.24) is 5.32 Å². The van der Waals surface area contributed by atoms with Gasteiger partial charge in [0.15, 0.2) is 0 Å². The van der Waals surface area contributed by atoms with E-state index in [1.54, 1.807) is 6.08 Å². The summed E-state index contributed by atoms with van der Waals surface area (Å²) in [6.07, 6.45) is 4.32. The van der Waals surface area contributed by atoms with Crippen LogP contribution in [-0.2, 0) is 4.79 Å². The topological polar surface area (TPSA) is 29.1 Å². The van der Waals surface area contributed by atoms with Crippen LogP contribution in [0.25, 0.3) is 6.08 Å². The maximum Gasteiger partial charge on any atom is 0.244 e. The molecule has 0 aromatic heterocycles. The second kappa shape index (κ2) is 7.77. The molecule has 0 unspecified atom stereocenters. The molecule has 0 saturated heterocycles. The zero-order valence-corrected chi connectivity index (χ0v) is 14.4. The predicted molar refractivity (Wildman–Crippen MR) is 97.3 cm³/mol. The standard InChI is InChI=1S/C21H25NO/c1-5-20(19-12-8-16(3)17(4)14-19)22-21(23)13-11-18-9-6-15(2)7-10-18/h6-14,20H,5H2,1-4H3,(H,22,23)/b13-11+/t20-/m0/s1. The van der Waals surface area contributed by atoms with Gasteiger partial charge in [-0.05, 0) is 55.5 Å². The molecule has 2 nitrogen and oxygen atoms in total. The van der Waals surface area contributed by atoms with Crippen molar-refractivity contribution >= 4 is 12.0 Å². The summed E-state index contributed by atoms with van der Waals surface area (Å²) in [5, 5.41) is 3.09. The second-order valence-corrected chi connectivity index (χ2v) is 6.06. The van der Waals surface area contributed by atoms with Crippen LogP contribution in [0.2, 0.25) is 0 Å². The van der Waals surface area contributed by atoms with Crippen LogP contribution in [0.4, 0.5) is 0 Å². The highest BCUT2D eigenvalue weighted by Gasteiger charge is 2.11. The molecule has 120 valence electrons. The van der Waals surface area contributed by atoms with E-state index in [0.717, 1.165) is 17.5 Å². The van der Waals surface area contributed by atoms with Gasteiger partial charge in [-0.15, -0.1) is 0 Å². The first-order valence-corrected chi connectivity index (χ1v) is 8.12. The normalized spacial score (nSPS) is 12.3. The van der Waals surface area contributed by atoms with E-state index in [1.165, 1.54) is 16.7 Å². The van der Waals surface area contributed by atoms with E-state index >= 15 is 0 Å². The fourth-order valence-corrected chi connectivity index (χ4v) is 2.47. The van der Waals surface area contributed by atoms with Crippen molar-refractivity contribution < 1.29 is 4.79 Å². The maximum absolute atomic E-state index is 12.2. The summed E-state index contributed by atoms with van der Waals surface area (Å²) >= 11 is 0. The first-order chi connectivity index (χ1) is 11.0. The van der Waals surface area contributed by atoms with Gasteiger partial charge in [0.2, 0.25) is 5.91 Å². The Labute approximate surface area is 139 Å². The number of benzene rings is 2.